The van der Waals surface area contributed by atoms with Crippen molar-refractivity contribution >= 4 is 12.2 Å². The monoisotopic (exact) mass is 269 g/mol. The molecule has 0 saturated carbocycles. The fourth-order valence-electron chi connectivity index (χ4n) is 2.39. The van der Waals surface area contributed by atoms with Crippen LogP contribution in [-0.4, -0.2) is 47.3 Å². The average Bonchev–Trinajstić information content (AvgIpc) is 2.73. The Balaban J connectivity index is 1.86. The maximum Gasteiger partial charge on any atom is 0.177 e. The van der Waals surface area contributed by atoms with Gasteiger partial charge in [-0.2, -0.15) is 0 Å². The molecule has 0 atom stereocenters. The molecule has 2 heterocycles. The van der Waals surface area contributed by atoms with Crippen LogP contribution in [0.3, 0.4) is 0 Å². The van der Waals surface area contributed by atoms with E-state index in [-0.39, 0.29) is 0 Å². The SMILES string of the molecule is CC(C)c1c[nH]c(=S)n1CCCN1CCOCC1. The number of morpholine rings is 1. The minimum absolute atomic E-state index is 0.515. The molecule has 1 fully saturated rings. The molecule has 1 aromatic rings. The van der Waals surface area contributed by atoms with Gasteiger partial charge >= 0.3 is 0 Å². The maximum absolute atomic E-state index is 5.35. The molecular formula is C13H23N3OS. The van der Waals surface area contributed by atoms with Crippen LogP contribution in [0.2, 0.25) is 0 Å². The second-order valence-corrected chi connectivity index (χ2v) is 5.52. The van der Waals surface area contributed by atoms with Crippen molar-refractivity contribution in [2.24, 2.45) is 0 Å². The van der Waals surface area contributed by atoms with Gasteiger partial charge in [-0.15, -0.1) is 0 Å². The summed E-state index contributed by atoms with van der Waals surface area (Å²) in [6.45, 7) is 10.4. The lowest BCUT2D eigenvalue weighted by atomic mass is 10.1. The van der Waals surface area contributed by atoms with E-state index in [0.717, 1.165) is 50.6 Å². The van der Waals surface area contributed by atoms with Gasteiger partial charge in [-0.05, 0) is 24.6 Å². The zero-order valence-corrected chi connectivity index (χ0v) is 12.1. The van der Waals surface area contributed by atoms with E-state index < -0.39 is 0 Å². The zero-order chi connectivity index (χ0) is 13.0. The maximum atomic E-state index is 5.35. The molecule has 18 heavy (non-hydrogen) atoms. The molecule has 0 bridgehead atoms. The predicted octanol–water partition coefficient (Wildman–Crippen LogP) is 2.39. The molecule has 5 heteroatoms. The molecule has 4 nitrogen and oxygen atoms in total. The first-order valence-electron chi connectivity index (χ1n) is 6.76. The number of nitrogens with one attached hydrogen (secondary N) is 1. The minimum atomic E-state index is 0.515. The molecule has 1 aliphatic rings. The summed E-state index contributed by atoms with van der Waals surface area (Å²) < 4.78 is 8.44. The van der Waals surface area contributed by atoms with Crippen molar-refractivity contribution in [3.05, 3.63) is 16.7 Å². The second-order valence-electron chi connectivity index (χ2n) is 5.13. The first-order chi connectivity index (χ1) is 8.68. The number of nitrogens with zero attached hydrogens (tertiary/aromatic N) is 2. The van der Waals surface area contributed by atoms with Crippen LogP contribution in [0.15, 0.2) is 6.20 Å². The molecule has 2 rings (SSSR count). The Hall–Kier alpha value is -0.650. The van der Waals surface area contributed by atoms with Gasteiger partial charge in [-0.25, -0.2) is 0 Å². The molecule has 1 aliphatic heterocycles. The van der Waals surface area contributed by atoms with E-state index in [1.54, 1.807) is 0 Å². The number of imidazole rings is 1. The van der Waals surface area contributed by atoms with E-state index in [9.17, 15) is 0 Å². The molecule has 1 saturated heterocycles. The van der Waals surface area contributed by atoms with Crippen LogP contribution in [-0.2, 0) is 11.3 Å². The van der Waals surface area contributed by atoms with Crippen LogP contribution < -0.4 is 0 Å². The summed E-state index contributed by atoms with van der Waals surface area (Å²) in [5, 5.41) is 0. The van der Waals surface area contributed by atoms with Gasteiger partial charge in [0.05, 0.1) is 13.2 Å². The van der Waals surface area contributed by atoms with E-state index in [0.29, 0.717) is 5.92 Å². The molecule has 0 spiro atoms. The Kier molecular flexibility index (Phi) is 4.97. The Morgan fingerprint density at radius 3 is 2.72 bits per heavy atom. The van der Waals surface area contributed by atoms with Crippen LogP contribution in [0, 0.1) is 4.77 Å². The van der Waals surface area contributed by atoms with Gasteiger partial charge in [0.15, 0.2) is 4.77 Å². The third kappa shape index (κ3) is 3.43. The standard InChI is InChI=1S/C13H23N3OS/c1-11(2)12-10-14-13(18)16(12)5-3-4-15-6-8-17-9-7-15/h10-11H,3-9H2,1-2H3,(H,14,18). The van der Waals surface area contributed by atoms with Crippen molar-refractivity contribution in [3.63, 3.8) is 0 Å². The number of ether oxygens (including phenoxy) is 1. The highest BCUT2D eigenvalue weighted by molar-refractivity contribution is 7.71. The van der Waals surface area contributed by atoms with Gasteiger partial charge in [0.1, 0.15) is 0 Å². The Bertz CT molecular complexity index is 418. The van der Waals surface area contributed by atoms with Crippen molar-refractivity contribution < 1.29 is 4.74 Å². The van der Waals surface area contributed by atoms with Crippen LogP contribution in [0.4, 0.5) is 0 Å². The largest absolute Gasteiger partial charge is 0.379 e. The van der Waals surface area contributed by atoms with E-state index in [1.807, 2.05) is 6.20 Å². The number of hydrogen-bond donors (Lipinski definition) is 1. The van der Waals surface area contributed by atoms with E-state index in [1.165, 1.54) is 5.69 Å². The Morgan fingerprint density at radius 1 is 1.33 bits per heavy atom. The van der Waals surface area contributed by atoms with Crippen LogP contribution in [0.5, 0.6) is 0 Å². The van der Waals surface area contributed by atoms with E-state index in [4.69, 9.17) is 17.0 Å². The minimum Gasteiger partial charge on any atom is -0.379 e. The van der Waals surface area contributed by atoms with Gasteiger partial charge in [-0.3, -0.25) is 4.90 Å². The van der Waals surface area contributed by atoms with Crippen molar-refractivity contribution in [3.8, 4) is 0 Å². The third-order valence-corrected chi connectivity index (χ3v) is 3.79. The molecular weight excluding hydrogens is 246 g/mol. The third-order valence-electron chi connectivity index (χ3n) is 3.45. The molecule has 0 unspecified atom stereocenters. The highest BCUT2D eigenvalue weighted by Crippen LogP contribution is 2.15. The molecule has 1 N–H and O–H groups in total. The molecule has 0 aromatic carbocycles. The molecule has 0 radical (unpaired) electrons. The number of aromatic amines is 1. The fourth-order valence-corrected chi connectivity index (χ4v) is 2.65. The van der Waals surface area contributed by atoms with Crippen molar-refractivity contribution in [1.82, 2.24) is 14.5 Å². The van der Waals surface area contributed by atoms with Crippen molar-refractivity contribution in [2.45, 2.75) is 32.7 Å². The number of rotatable bonds is 5. The topological polar surface area (TPSA) is 33.2 Å². The summed E-state index contributed by atoms with van der Waals surface area (Å²) in [7, 11) is 0. The lowest BCUT2D eigenvalue weighted by molar-refractivity contribution is 0.0369. The molecule has 102 valence electrons. The van der Waals surface area contributed by atoms with Gasteiger partial charge in [-0.1, -0.05) is 13.8 Å². The van der Waals surface area contributed by atoms with Crippen molar-refractivity contribution in [2.75, 3.05) is 32.8 Å². The molecule has 0 amide bonds. The summed E-state index contributed by atoms with van der Waals surface area (Å²) in [4.78, 5) is 5.62. The number of hydrogen-bond acceptors (Lipinski definition) is 3. The van der Waals surface area contributed by atoms with Gasteiger partial charge in [0.25, 0.3) is 0 Å². The lowest BCUT2D eigenvalue weighted by Gasteiger charge is -2.26. The first-order valence-corrected chi connectivity index (χ1v) is 7.17. The number of aromatic nitrogens is 2. The highest BCUT2D eigenvalue weighted by Gasteiger charge is 2.11. The van der Waals surface area contributed by atoms with Gasteiger partial charge in [0, 0.05) is 38.1 Å². The zero-order valence-electron chi connectivity index (χ0n) is 11.3. The quantitative estimate of drug-likeness (QED) is 0.833. The average molecular weight is 269 g/mol. The summed E-state index contributed by atoms with van der Waals surface area (Å²) in [6.07, 6.45) is 3.19. The Morgan fingerprint density at radius 2 is 2.06 bits per heavy atom. The second kappa shape index (κ2) is 6.50. The van der Waals surface area contributed by atoms with E-state index in [2.05, 4.69) is 28.3 Å². The molecule has 1 aromatic heterocycles. The van der Waals surface area contributed by atoms with Gasteiger partial charge in [0.2, 0.25) is 0 Å². The molecule has 0 aliphatic carbocycles. The first kappa shape index (κ1) is 13.8. The number of H-pyrrole nitrogens is 1. The highest BCUT2D eigenvalue weighted by atomic mass is 32.1. The smallest absolute Gasteiger partial charge is 0.177 e. The van der Waals surface area contributed by atoms with Crippen LogP contribution in [0.25, 0.3) is 0 Å². The van der Waals surface area contributed by atoms with Gasteiger partial charge < -0.3 is 14.3 Å². The lowest BCUT2D eigenvalue weighted by Crippen LogP contribution is -2.37. The fraction of sp³-hybridized carbons (Fsp3) is 0.769. The predicted molar refractivity (Wildman–Crippen MR) is 75.6 cm³/mol. The Labute approximate surface area is 114 Å². The normalized spacial score (nSPS) is 17.5. The van der Waals surface area contributed by atoms with Crippen LogP contribution in [0.1, 0.15) is 31.9 Å². The van der Waals surface area contributed by atoms with Crippen molar-refractivity contribution in [1.29, 1.82) is 0 Å². The van der Waals surface area contributed by atoms with E-state index >= 15 is 0 Å². The van der Waals surface area contributed by atoms with Crippen LogP contribution >= 0.6 is 12.2 Å². The summed E-state index contributed by atoms with van der Waals surface area (Å²) >= 11 is 5.34. The summed E-state index contributed by atoms with van der Waals surface area (Å²) in [5.41, 5.74) is 1.31. The summed E-state index contributed by atoms with van der Waals surface area (Å²) in [5.74, 6) is 0.515. The summed E-state index contributed by atoms with van der Waals surface area (Å²) in [6, 6.07) is 0.